The van der Waals surface area contributed by atoms with Crippen LogP contribution < -0.4 is 5.32 Å². The van der Waals surface area contributed by atoms with E-state index in [9.17, 15) is 0 Å². The molecule has 1 aromatic carbocycles. The Kier molecular flexibility index (Phi) is 2.86. The number of hydrogen-bond acceptors (Lipinski definition) is 4. The minimum Gasteiger partial charge on any atom is -0.367 e. The quantitative estimate of drug-likeness (QED) is 0.769. The minimum atomic E-state index is 0.575. The molecule has 2 aromatic heterocycles. The zero-order chi connectivity index (χ0) is 13.5. The molecule has 100 valence electrons. The molecule has 1 fully saturated rings. The molecule has 1 aliphatic carbocycles. The maximum Gasteiger partial charge on any atom is 0.139 e. The molecule has 0 atom stereocenters. The van der Waals surface area contributed by atoms with E-state index in [1.807, 2.05) is 24.3 Å². The lowest BCUT2D eigenvalue weighted by Gasteiger charge is -2.07. The highest BCUT2D eigenvalue weighted by Gasteiger charge is 2.23. The van der Waals surface area contributed by atoms with Gasteiger partial charge in [0.2, 0.25) is 0 Å². The van der Waals surface area contributed by atoms with Gasteiger partial charge in [-0.25, -0.2) is 9.97 Å². The number of hydrogen-bond donors (Lipinski definition) is 1. The summed E-state index contributed by atoms with van der Waals surface area (Å²) in [4.78, 5) is 9.82. The van der Waals surface area contributed by atoms with Gasteiger partial charge in [0.25, 0.3) is 0 Å². The third-order valence-electron chi connectivity index (χ3n) is 3.44. The van der Waals surface area contributed by atoms with E-state index in [4.69, 9.17) is 11.6 Å². The van der Waals surface area contributed by atoms with Gasteiger partial charge in [-0.1, -0.05) is 23.7 Å². The number of anilines is 1. The standard InChI is InChI=1S/C15H12ClN3S/c16-10-3-1-9(2-4-10)12-7-20-15-13(12)14(17-8-18-15)19-11-5-6-11/h1-4,7-8,11H,5-6H2,(H,17,18,19). The van der Waals surface area contributed by atoms with Crippen molar-refractivity contribution in [2.75, 3.05) is 5.32 Å². The highest BCUT2D eigenvalue weighted by atomic mass is 35.5. The average molecular weight is 302 g/mol. The van der Waals surface area contributed by atoms with Crippen LogP contribution in [0.25, 0.3) is 21.3 Å². The first-order valence-electron chi connectivity index (χ1n) is 6.56. The van der Waals surface area contributed by atoms with E-state index >= 15 is 0 Å². The van der Waals surface area contributed by atoms with Crippen LogP contribution in [0, 0.1) is 0 Å². The smallest absolute Gasteiger partial charge is 0.139 e. The highest BCUT2D eigenvalue weighted by molar-refractivity contribution is 7.17. The van der Waals surface area contributed by atoms with Crippen molar-refractivity contribution in [2.45, 2.75) is 18.9 Å². The second kappa shape index (κ2) is 4.72. The fourth-order valence-corrected chi connectivity index (χ4v) is 3.29. The first-order chi connectivity index (χ1) is 9.81. The van der Waals surface area contributed by atoms with Gasteiger partial charge in [-0.2, -0.15) is 0 Å². The van der Waals surface area contributed by atoms with Crippen LogP contribution in [-0.2, 0) is 0 Å². The van der Waals surface area contributed by atoms with Gasteiger partial charge in [0.05, 0.1) is 5.39 Å². The van der Waals surface area contributed by atoms with Gasteiger partial charge in [0, 0.05) is 22.0 Å². The Morgan fingerprint density at radius 2 is 1.95 bits per heavy atom. The normalized spacial score (nSPS) is 14.7. The number of thiophene rings is 1. The lowest BCUT2D eigenvalue weighted by molar-refractivity contribution is 1.11. The van der Waals surface area contributed by atoms with Crippen molar-refractivity contribution in [3.8, 4) is 11.1 Å². The second-order valence-electron chi connectivity index (χ2n) is 4.98. The molecule has 1 saturated carbocycles. The summed E-state index contributed by atoms with van der Waals surface area (Å²) in [5.41, 5.74) is 2.32. The highest BCUT2D eigenvalue weighted by Crippen LogP contribution is 2.38. The number of fused-ring (bicyclic) bond motifs is 1. The molecule has 3 aromatic rings. The Labute approximate surface area is 125 Å². The van der Waals surface area contributed by atoms with E-state index in [-0.39, 0.29) is 0 Å². The Morgan fingerprint density at radius 3 is 2.70 bits per heavy atom. The Hall–Kier alpha value is -1.65. The fraction of sp³-hybridized carbons (Fsp3) is 0.200. The van der Waals surface area contributed by atoms with Gasteiger partial charge >= 0.3 is 0 Å². The summed E-state index contributed by atoms with van der Waals surface area (Å²) < 4.78 is 0. The third-order valence-corrected chi connectivity index (χ3v) is 4.58. The van der Waals surface area contributed by atoms with Crippen LogP contribution in [0.4, 0.5) is 5.82 Å². The maximum atomic E-state index is 5.97. The van der Waals surface area contributed by atoms with Gasteiger partial charge < -0.3 is 5.32 Å². The van der Waals surface area contributed by atoms with Crippen molar-refractivity contribution < 1.29 is 0 Å². The molecule has 0 spiro atoms. The Bertz CT molecular complexity index is 762. The number of benzene rings is 1. The second-order valence-corrected chi connectivity index (χ2v) is 6.27. The first-order valence-corrected chi connectivity index (χ1v) is 7.82. The van der Waals surface area contributed by atoms with Crippen LogP contribution in [-0.4, -0.2) is 16.0 Å². The van der Waals surface area contributed by atoms with Gasteiger partial charge in [-0.3, -0.25) is 0 Å². The summed E-state index contributed by atoms with van der Waals surface area (Å²) in [6, 6.07) is 8.48. The largest absolute Gasteiger partial charge is 0.367 e. The van der Waals surface area contributed by atoms with E-state index in [2.05, 4.69) is 20.7 Å². The minimum absolute atomic E-state index is 0.575. The van der Waals surface area contributed by atoms with Crippen LogP contribution in [0.5, 0.6) is 0 Å². The number of nitrogens with one attached hydrogen (secondary N) is 1. The zero-order valence-corrected chi connectivity index (χ0v) is 12.2. The summed E-state index contributed by atoms with van der Waals surface area (Å²) in [5.74, 6) is 0.948. The number of halogens is 1. The Morgan fingerprint density at radius 1 is 1.15 bits per heavy atom. The van der Waals surface area contributed by atoms with Crippen molar-refractivity contribution in [3.05, 3.63) is 41.0 Å². The van der Waals surface area contributed by atoms with Crippen LogP contribution in [0.1, 0.15) is 12.8 Å². The van der Waals surface area contributed by atoms with Crippen molar-refractivity contribution in [1.29, 1.82) is 0 Å². The van der Waals surface area contributed by atoms with Crippen molar-refractivity contribution in [1.82, 2.24) is 9.97 Å². The molecule has 0 unspecified atom stereocenters. The SMILES string of the molecule is Clc1ccc(-c2csc3ncnc(NC4CC4)c23)cc1. The fourth-order valence-electron chi connectivity index (χ4n) is 2.25. The van der Waals surface area contributed by atoms with E-state index < -0.39 is 0 Å². The summed E-state index contributed by atoms with van der Waals surface area (Å²) in [6.45, 7) is 0. The summed E-state index contributed by atoms with van der Waals surface area (Å²) in [5, 5.41) is 7.50. The lowest BCUT2D eigenvalue weighted by Crippen LogP contribution is -2.03. The van der Waals surface area contributed by atoms with Gasteiger partial charge in [0.15, 0.2) is 0 Å². The summed E-state index contributed by atoms with van der Waals surface area (Å²) in [7, 11) is 0. The van der Waals surface area contributed by atoms with E-state index in [1.54, 1.807) is 17.7 Å². The molecule has 1 N–H and O–H groups in total. The predicted octanol–water partition coefficient (Wildman–Crippen LogP) is 4.59. The molecule has 0 radical (unpaired) electrons. The summed E-state index contributed by atoms with van der Waals surface area (Å²) in [6.07, 6.45) is 4.09. The maximum absolute atomic E-state index is 5.97. The molecular weight excluding hydrogens is 290 g/mol. The van der Waals surface area contributed by atoms with Gasteiger partial charge in [0.1, 0.15) is 17.0 Å². The monoisotopic (exact) mass is 301 g/mol. The van der Waals surface area contributed by atoms with Crippen LogP contribution in [0.15, 0.2) is 36.0 Å². The Balaban J connectivity index is 1.88. The van der Waals surface area contributed by atoms with E-state index in [1.165, 1.54) is 18.4 Å². The molecule has 1 aliphatic rings. The number of rotatable bonds is 3. The molecule has 0 aliphatic heterocycles. The van der Waals surface area contributed by atoms with Crippen molar-refractivity contribution in [2.24, 2.45) is 0 Å². The molecule has 0 saturated heterocycles. The van der Waals surface area contributed by atoms with Crippen LogP contribution in [0.2, 0.25) is 5.02 Å². The molecule has 0 bridgehead atoms. The molecule has 2 heterocycles. The van der Waals surface area contributed by atoms with E-state index in [0.29, 0.717) is 6.04 Å². The van der Waals surface area contributed by atoms with Crippen molar-refractivity contribution in [3.63, 3.8) is 0 Å². The summed E-state index contributed by atoms with van der Waals surface area (Å²) >= 11 is 7.62. The first kappa shape index (κ1) is 12.1. The number of nitrogens with zero attached hydrogens (tertiary/aromatic N) is 2. The third kappa shape index (κ3) is 2.15. The predicted molar refractivity (Wildman–Crippen MR) is 84.5 cm³/mol. The zero-order valence-electron chi connectivity index (χ0n) is 10.6. The molecule has 4 rings (SSSR count). The molecular formula is C15H12ClN3S. The van der Waals surface area contributed by atoms with Crippen LogP contribution in [0.3, 0.4) is 0 Å². The molecule has 3 nitrogen and oxygen atoms in total. The molecule has 5 heteroatoms. The van der Waals surface area contributed by atoms with Gasteiger partial charge in [-0.05, 0) is 30.5 Å². The molecule has 20 heavy (non-hydrogen) atoms. The number of aromatic nitrogens is 2. The van der Waals surface area contributed by atoms with Crippen molar-refractivity contribution >= 4 is 39.0 Å². The van der Waals surface area contributed by atoms with E-state index in [0.717, 1.165) is 26.6 Å². The van der Waals surface area contributed by atoms with Gasteiger partial charge in [-0.15, -0.1) is 11.3 Å². The molecule has 0 amide bonds. The topological polar surface area (TPSA) is 37.8 Å². The lowest BCUT2D eigenvalue weighted by atomic mass is 10.1. The average Bonchev–Trinajstić information content (AvgIpc) is 3.16. The van der Waals surface area contributed by atoms with Crippen LogP contribution >= 0.6 is 22.9 Å².